The van der Waals surface area contributed by atoms with Gasteiger partial charge in [-0.25, -0.2) is 0 Å². The Morgan fingerprint density at radius 2 is 1.67 bits per heavy atom. The second-order valence-electron chi connectivity index (χ2n) is 7.39. The van der Waals surface area contributed by atoms with Gasteiger partial charge in [-0.1, -0.05) is 12.1 Å². The molecule has 3 aromatic rings. The van der Waals surface area contributed by atoms with Crippen LogP contribution < -0.4 is 15.1 Å². The van der Waals surface area contributed by atoms with E-state index < -0.39 is 0 Å². The van der Waals surface area contributed by atoms with Crippen LogP contribution in [0, 0.1) is 18.3 Å². The highest BCUT2D eigenvalue weighted by atomic mass is 16.1. The zero-order chi connectivity index (χ0) is 20.9. The van der Waals surface area contributed by atoms with Gasteiger partial charge in [-0.3, -0.25) is 9.78 Å². The van der Waals surface area contributed by atoms with E-state index in [1.807, 2.05) is 6.07 Å². The Bertz CT molecular complexity index is 1080. The standard InChI is InChI=1S/C24H23N5O/c1-18-3-2-4-22(13-18)28-9-11-29(12-10-28)23-14-20(16-26-17-23)24(30)27-21-7-5-19(15-25)6-8-21/h2-8,13-14,16-17H,9-12H2,1H3,(H,27,30). The lowest BCUT2D eigenvalue weighted by molar-refractivity contribution is 0.102. The van der Waals surface area contributed by atoms with Crippen molar-refractivity contribution >= 4 is 23.0 Å². The van der Waals surface area contributed by atoms with Crippen molar-refractivity contribution in [2.75, 3.05) is 41.3 Å². The second kappa shape index (κ2) is 8.66. The minimum atomic E-state index is -0.215. The molecule has 0 atom stereocenters. The summed E-state index contributed by atoms with van der Waals surface area (Å²) in [5.74, 6) is -0.215. The van der Waals surface area contributed by atoms with Gasteiger partial charge in [-0.05, 0) is 55.0 Å². The van der Waals surface area contributed by atoms with Crippen LogP contribution in [-0.4, -0.2) is 37.1 Å². The highest BCUT2D eigenvalue weighted by molar-refractivity contribution is 6.04. The lowest BCUT2D eigenvalue weighted by Crippen LogP contribution is -2.46. The van der Waals surface area contributed by atoms with Crippen molar-refractivity contribution in [3.63, 3.8) is 0 Å². The number of piperazine rings is 1. The van der Waals surface area contributed by atoms with Gasteiger partial charge in [0.1, 0.15) is 0 Å². The molecule has 2 aromatic carbocycles. The van der Waals surface area contributed by atoms with Crippen LogP contribution in [0.2, 0.25) is 0 Å². The van der Waals surface area contributed by atoms with Gasteiger partial charge in [0.15, 0.2) is 0 Å². The summed E-state index contributed by atoms with van der Waals surface area (Å²) in [7, 11) is 0. The molecule has 1 saturated heterocycles. The molecule has 0 bridgehead atoms. The fraction of sp³-hybridized carbons (Fsp3) is 0.208. The Morgan fingerprint density at radius 1 is 0.967 bits per heavy atom. The fourth-order valence-electron chi connectivity index (χ4n) is 3.60. The van der Waals surface area contributed by atoms with Crippen LogP contribution in [-0.2, 0) is 0 Å². The Balaban J connectivity index is 1.41. The highest BCUT2D eigenvalue weighted by Crippen LogP contribution is 2.22. The minimum Gasteiger partial charge on any atom is -0.368 e. The van der Waals surface area contributed by atoms with Gasteiger partial charge in [0.2, 0.25) is 0 Å². The molecular weight excluding hydrogens is 374 g/mol. The number of hydrogen-bond acceptors (Lipinski definition) is 5. The fourth-order valence-corrected chi connectivity index (χ4v) is 3.60. The maximum absolute atomic E-state index is 12.6. The van der Waals surface area contributed by atoms with E-state index in [-0.39, 0.29) is 5.91 Å². The van der Waals surface area contributed by atoms with Gasteiger partial charge < -0.3 is 15.1 Å². The monoisotopic (exact) mass is 397 g/mol. The molecule has 0 aliphatic carbocycles. The lowest BCUT2D eigenvalue weighted by Gasteiger charge is -2.37. The van der Waals surface area contributed by atoms with E-state index in [1.165, 1.54) is 11.3 Å². The number of carbonyl (C=O) groups is 1. The average Bonchev–Trinajstić information content (AvgIpc) is 2.80. The number of aryl methyl sites for hydroxylation is 1. The van der Waals surface area contributed by atoms with Crippen LogP contribution in [0.1, 0.15) is 21.5 Å². The summed E-state index contributed by atoms with van der Waals surface area (Å²) in [4.78, 5) is 21.6. The third-order valence-electron chi connectivity index (χ3n) is 5.27. The van der Waals surface area contributed by atoms with E-state index >= 15 is 0 Å². The van der Waals surface area contributed by atoms with E-state index in [0.29, 0.717) is 16.8 Å². The lowest BCUT2D eigenvalue weighted by atomic mass is 10.1. The third-order valence-corrected chi connectivity index (χ3v) is 5.27. The van der Waals surface area contributed by atoms with Crippen LogP contribution in [0.4, 0.5) is 17.1 Å². The molecule has 1 aliphatic heterocycles. The second-order valence-corrected chi connectivity index (χ2v) is 7.39. The van der Waals surface area contributed by atoms with Crippen molar-refractivity contribution in [3.05, 3.63) is 83.7 Å². The van der Waals surface area contributed by atoms with Gasteiger partial charge >= 0.3 is 0 Å². The SMILES string of the molecule is Cc1cccc(N2CCN(c3cncc(C(=O)Nc4ccc(C#N)cc4)c3)CC2)c1. The first-order chi connectivity index (χ1) is 14.6. The highest BCUT2D eigenvalue weighted by Gasteiger charge is 2.19. The number of carbonyl (C=O) groups excluding carboxylic acids is 1. The Hall–Kier alpha value is -3.85. The van der Waals surface area contributed by atoms with Crippen molar-refractivity contribution in [1.29, 1.82) is 5.26 Å². The Labute approximate surface area is 176 Å². The maximum atomic E-state index is 12.6. The largest absolute Gasteiger partial charge is 0.368 e. The molecule has 150 valence electrons. The number of anilines is 3. The maximum Gasteiger partial charge on any atom is 0.257 e. The molecule has 0 radical (unpaired) electrons. The summed E-state index contributed by atoms with van der Waals surface area (Å²) >= 11 is 0. The molecule has 2 heterocycles. The predicted molar refractivity (Wildman–Crippen MR) is 119 cm³/mol. The van der Waals surface area contributed by atoms with E-state index in [0.717, 1.165) is 31.9 Å². The Morgan fingerprint density at radius 3 is 2.33 bits per heavy atom. The number of rotatable bonds is 4. The van der Waals surface area contributed by atoms with Crippen LogP contribution in [0.25, 0.3) is 0 Å². The smallest absolute Gasteiger partial charge is 0.257 e. The Kier molecular flexibility index (Phi) is 5.62. The summed E-state index contributed by atoms with van der Waals surface area (Å²) in [6.07, 6.45) is 3.38. The summed E-state index contributed by atoms with van der Waals surface area (Å²) < 4.78 is 0. The van der Waals surface area contributed by atoms with E-state index in [1.54, 1.807) is 36.7 Å². The minimum absolute atomic E-state index is 0.215. The van der Waals surface area contributed by atoms with Crippen LogP contribution in [0.3, 0.4) is 0 Å². The number of nitrogens with zero attached hydrogens (tertiary/aromatic N) is 4. The summed E-state index contributed by atoms with van der Waals surface area (Å²) in [5.41, 5.74) is 5.19. The van der Waals surface area contributed by atoms with Crippen LogP contribution in [0.5, 0.6) is 0 Å². The number of pyridine rings is 1. The summed E-state index contributed by atoms with van der Waals surface area (Å²) in [6.45, 7) is 5.70. The normalized spacial score (nSPS) is 13.6. The molecule has 0 saturated carbocycles. The molecule has 6 nitrogen and oxygen atoms in total. The quantitative estimate of drug-likeness (QED) is 0.724. The topological polar surface area (TPSA) is 72.3 Å². The first-order valence-corrected chi connectivity index (χ1v) is 9.95. The molecular formula is C24H23N5O. The molecule has 30 heavy (non-hydrogen) atoms. The molecule has 0 unspecified atom stereocenters. The number of hydrogen-bond donors (Lipinski definition) is 1. The number of benzene rings is 2. The van der Waals surface area contributed by atoms with Crippen molar-refractivity contribution in [1.82, 2.24) is 4.98 Å². The first kappa shape index (κ1) is 19.5. The van der Waals surface area contributed by atoms with Gasteiger partial charge in [0.25, 0.3) is 5.91 Å². The van der Waals surface area contributed by atoms with E-state index in [2.05, 4.69) is 57.4 Å². The third kappa shape index (κ3) is 4.41. The van der Waals surface area contributed by atoms with Gasteiger partial charge in [0.05, 0.1) is 29.1 Å². The van der Waals surface area contributed by atoms with Crippen molar-refractivity contribution in [2.45, 2.75) is 6.92 Å². The number of nitrogens with one attached hydrogen (secondary N) is 1. The zero-order valence-electron chi connectivity index (χ0n) is 16.9. The molecule has 4 rings (SSSR count). The molecule has 6 heteroatoms. The molecule has 1 aromatic heterocycles. The predicted octanol–water partition coefficient (Wildman–Crippen LogP) is 3.84. The van der Waals surface area contributed by atoms with Crippen LogP contribution in [0.15, 0.2) is 67.0 Å². The zero-order valence-corrected chi connectivity index (χ0v) is 16.9. The van der Waals surface area contributed by atoms with E-state index in [4.69, 9.17) is 5.26 Å². The molecule has 1 amide bonds. The molecule has 1 N–H and O–H groups in total. The van der Waals surface area contributed by atoms with Crippen molar-refractivity contribution in [3.8, 4) is 6.07 Å². The molecule has 1 aliphatic rings. The van der Waals surface area contributed by atoms with Gasteiger partial charge in [-0.15, -0.1) is 0 Å². The number of aromatic nitrogens is 1. The van der Waals surface area contributed by atoms with Crippen molar-refractivity contribution in [2.24, 2.45) is 0 Å². The van der Waals surface area contributed by atoms with Gasteiger partial charge in [-0.2, -0.15) is 5.26 Å². The first-order valence-electron chi connectivity index (χ1n) is 9.95. The van der Waals surface area contributed by atoms with E-state index in [9.17, 15) is 4.79 Å². The average molecular weight is 397 g/mol. The number of nitriles is 1. The van der Waals surface area contributed by atoms with Crippen molar-refractivity contribution < 1.29 is 4.79 Å². The summed E-state index contributed by atoms with van der Waals surface area (Å²) in [6, 6.07) is 19.3. The molecule has 1 fully saturated rings. The van der Waals surface area contributed by atoms with Gasteiger partial charge in [0, 0.05) is 43.8 Å². The number of amides is 1. The summed E-state index contributed by atoms with van der Waals surface area (Å²) in [5, 5.41) is 11.7. The molecule has 0 spiro atoms. The van der Waals surface area contributed by atoms with Crippen LogP contribution >= 0.6 is 0 Å².